The minimum atomic E-state index is 0.938. The molecule has 0 spiro atoms. The molecular weight excluding hydrogens is 1170 g/mol. The molecule has 0 amide bonds. The lowest BCUT2D eigenvalue weighted by atomic mass is 9.95. The van der Waals surface area contributed by atoms with Gasteiger partial charge in [0.2, 0.25) is 22.8 Å². The summed E-state index contributed by atoms with van der Waals surface area (Å²) in [5.74, 6) is 0. The molecule has 464 valence electrons. The molecule has 96 heavy (non-hydrogen) atoms. The first-order valence-corrected chi connectivity index (χ1v) is 32.4. The molecule has 16 aromatic rings. The zero-order valence-electron chi connectivity index (χ0n) is 55.5. The number of fused-ring (bicyclic) bond motifs is 4. The van der Waals surface area contributed by atoms with E-state index in [0.717, 1.165) is 28.1 Å². The molecule has 0 aliphatic heterocycles. The summed E-state index contributed by atoms with van der Waals surface area (Å²) in [6.07, 6.45) is 21.4. The van der Waals surface area contributed by atoms with E-state index in [-0.39, 0.29) is 0 Å². The topological polar surface area (TPSA) is 80.0 Å². The Kier molecular flexibility index (Phi) is 18.6. The standard InChI is InChI=1S/3C22H19N2.C21H18N3/c1-16-9-3-4-10-17(16)22-19-12-6-5-11-18(19)20(15-24(22)2)21-13-7-8-14-23-21;1-16-8-3-4-10-18(16)22-20-12-6-5-11-19(20)21(15-24(22)2)17-9-7-13-23-14-17;1-16-7-3-4-8-18(16)22-20-10-6-5-9-19(20)21(15-24(22)2)17-11-13-23-14-12-17;1-15-7-3-4-8-16(15)21-18-10-6-5-9-17(18)19(13-24(21)2)20-11-12-22-14-23-20/h3*3-15H,1-2H3;3-14H,1-2H3/q4*+1. The summed E-state index contributed by atoms with van der Waals surface area (Å²) >= 11 is 0. The highest BCUT2D eigenvalue weighted by molar-refractivity contribution is 6.05. The SMILES string of the molecule is Cc1ccccc1-c1c2ccccc2c(-c2ccccn2)c[n+]1C.Cc1ccccc1-c1c2ccccc2c(-c2cccnc2)c[n+]1C.Cc1ccccc1-c1c2ccccc2c(-c2ccncc2)c[n+]1C.Cc1ccccc1-c1c2ccccc2c(-c2ccncn2)c[n+]1C. The molecule has 8 aromatic carbocycles. The number of aryl methyl sites for hydroxylation is 8. The molecule has 9 heteroatoms. The van der Waals surface area contributed by atoms with Gasteiger partial charge in [-0.15, -0.1) is 0 Å². The summed E-state index contributed by atoms with van der Waals surface area (Å²) in [6, 6.07) is 84.7. The van der Waals surface area contributed by atoms with Gasteiger partial charge in [0.1, 0.15) is 34.5 Å². The van der Waals surface area contributed by atoms with Gasteiger partial charge in [-0.05, 0) is 140 Å². The van der Waals surface area contributed by atoms with Crippen LogP contribution < -0.4 is 18.3 Å². The van der Waals surface area contributed by atoms with Crippen LogP contribution in [0.25, 0.3) is 133 Å². The highest BCUT2D eigenvalue weighted by Gasteiger charge is 2.25. The van der Waals surface area contributed by atoms with Gasteiger partial charge in [0.25, 0.3) is 0 Å². The maximum absolute atomic E-state index is 4.55. The van der Waals surface area contributed by atoms with Crippen molar-refractivity contribution in [2.45, 2.75) is 27.7 Å². The van der Waals surface area contributed by atoms with E-state index in [1.165, 1.54) is 127 Å². The fourth-order valence-corrected chi connectivity index (χ4v) is 13.4. The van der Waals surface area contributed by atoms with E-state index < -0.39 is 0 Å². The van der Waals surface area contributed by atoms with Gasteiger partial charge in [0.15, 0.2) is 24.8 Å². The Bertz CT molecular complexity index is 4770. The summed E-state index contributed by atoms with van der Waals surface area (Å²) in [5.41, 5.74) is 24.1. The normalized spacial score (nSPS) is 10.9. The zero-order chi connectivity index (χ0) is 66.1. The van der Waals surface area contributed by atoms with Crippen LogP contribution in [0.4, 0.5) is 0 Å². The van der Waals surface area contributed by atoms with E-state index in [1.54, 1.807) is 12.5 Å². The molecule has 0 saturated carbocycles. The van der Waals surface area contributed by atoms with Gasteiger partial charge < -0.3 is 0 Å². The number of benzene rings is 8. The van der Waals surface area contributed by atoms with Crippen molar-refractivity contribution >= 4 is 43.1 Å². The van der Waals surface area contributed by atoms with Crippen molar-refractivity contribution < 1.29 is 18.3 Å². The molecule has 0 bridgehead atoms. The van der Waals surface area contributed by atoms with Crippen molar-refractivity contribution in [1.82, 2.24) is 24.9 Å². The van der Waals surface area contributed by atoms with Crippen molar-refractivity contribution in [3.8, 4) is 89.8 Å². The Morgan fingerprint density at radius 3 is 0.917 bits per heavy atom. The maximum atomic E-state index is 4.55. The van der Waals surface area contributed by atoms with E-state index in [1.807, 2.05) is 55.2 Å². The second-order valence-electron chi connectivity index (χ2n) is 24.2. The molecule has 0 atom stereocenters. The smallest absolute Gasteiger partial charge is 0.220 e. The highest BCUT2D eigenvalue weighted by Crippen LogP contribution is 2.38. The minimum Gasteiger partial charge on any atom is -0.265 e. The third kappa shape index (κ3) is 12.9. The second kappa shape index (κ2) is 28.4. The van der Waals surface area contributed by atoms with E-state index in [4.69, 9.17) is 0 Å². The van der Waals surface area contributed by atoms with Crippen LogP contribution in [0.3, 0.4) is 0 Å². The average Bonchev–Trinajstić information content (AvgIpc) is 0.801. The van der Waals surface area contributed by atoms with Crippen LogP contribution in [-0.4, -0.2) is 24.9 Å². The van der Waals surface area contributed by atoms with Crippen LogP contribution in [-0.2, 0) is 28.2 Å². The molecule has 0 aliphatic carbocycles. The fourth-order valence-electron chi connectivity index (χ4n) is 13.4. The van der Waals surface area contributed by atoms with Crippen molar-refractivity contribution in [2.24, 2.45) is 28.2 Å². The first kappa shape index (κ1) is 62.7. The zero-order valence-corrected chi connectivity index (χ0v) is 55.5. The van der Waals surface area contributed by atoms with Crippen LogP contribution in [0.2, 0.25) is 0 Å². The molecule has 0 aliphatic rings. The van der Waals surface area contributed by atoms with Crippen LogP contribution >= 0.6 is 0 Å². The second-order valence-corrected chi connectivity index (χ2v) is 24.2. The first-order chi connectivity index (χ1) is 47.0. The Morgan fingerprint density at radius 2 is 0.562 bits per heavy atom. The van der Waals surface area contributed by atoms with E-state index in [9.17, 15) is 0 Å². The minimum absolute atomic E-state index is 0.938. The number of rotatable bonds is 8. The summed E-state index contributed by atoms with van der Waals surface area (Å²) in [6.45, 7) is 8.65. The van der Waals surface area contributed by atoms with Gasteiger partial charge in [-0.3, -0.25) is 15.0 Å². The van der Waals surface area contributed by atoms with Crippen LogP contribution in [0.15, 0.2) is 311 Å². The summed E-state index contributed by atoms with van der Waals surface area (Å²) in [5, 5.41) is 9.95. The number of aromatic nitrogens is 9. The van der Waals surface area contributed by atoms with E-state index >= 15 is 0 Å². The molecule has 0 N–H and O–H groups in total. The van der Waals surface area contributed by atoms with Gasteiger partial charge in [-0.25, -0.2) is 9.97 Å². The van der Waals surface area contributed by atoms with Crippen LogP contribution in [0, 0.1) is 27.7 Å². The van der Waals surface area contributed by atoms with Gasteiger partial charge in [-0.1, -0.05) is 158 Å². The Balaban J connectivity index is 0.000000116. The summed E-state index contributed by atoms with van der Waals surface area (Å²) < 4.78 is 8.88. The molecule has 8 heterocycles. The lowest BCUT2D eigenvalue weighted by Gasteiger charge is -2.11. The average molecular weight is 1250 g/mol. The Morgan fingerprint density at radius 1 is 0.229 bits per heavy atom. The molecule has 8 aromatic heterocycles. The predicted octanol–water partition coefficient (Wildman–Crippen LogP) is 18.2. The monoisotopic (exact) mass is 1250 g/mol. The van der Waals surface area contributed by atoms with E-state index in [0.29, 0.717) is 0 Å². The van der Waals surface area contributed by atoms with Crippen molar-refractivity contribution in [2.75, 3.05) is 0 Å². The van der Waals surface area contributed by atoms with Gasteiger partial charge in [0, 0.05) is 86.5 Å². The first-order valence-electron chi connectivity index (χ1n) is 32.4. The predicted molar refractivity (Wildman–Crippen MR) is 392 cm³/mol. The quantitative estimate of drug-likeness (QED) is 0.142. The van der Waals surface area contributed by atoms with Gasteiger partial charge in [-0.2, -0.15) is 18.3 Å². The molecule has 9 nitrogen and oxygen atoms in total. The molecule has 0 fully saturated rings. The fraction of sp³-hybridized carbons (Fsp3) is 0.0920. The molecule has 0 radical (unpaired) electrons. The van der Waals surface area contributed by atoms with Crippen molar-refractivity contribution in [3.05, 3.63) is 333 Å². The van der Waals surface area contributed by atoms with Crippen LogP contribution in [0.1, 0.15) is 22.3 Å². The highest BCUT2D eigenvalue weighted by atomic mass is 14.9. The molecule has 16 rings (SSSR count). The third-order valence-corrected chi connectivity index (χ3v) is 18.0. The number of pyridine rings is 7. The van der Waals surface area contributed by atoms with Gasteiger partial charge >= 0.3 is 0 Å². The number of hydrogen-bond acceptors (Lipinski definition) is 5. The summed E-state index contributed by atoms with van der Waals surface area (Å²) in [7, 11) is 8.45. The molecule has 0 saturated heterocycles. The molecular formula is C87H75N9+4. The maximum Gasteiger partial charge on any atom is 0.220 e. The summed E-state index contributed by atoms with van der Waals surface area (Å²) in [4.78, 5) is 21.4. The van der Waals surface area contributed by atoms with Crippen LogP contribution in [0.5, 0.6) is 0 Å². The van der Waals surface area contributed by atoms with E-state index in [2.05, 4.69) is 342 Å². The lowest BCUT2D eigenvalue weighted by molar-refractivity contribution is -0.658. The Labute approximate surface area is 562 Å². The van der Waals surface area contributed by atoms with Crippen molar-refractivity contribution in [3.63, 3.8) is 0 Å². The third-order valence-electron chi connectivity index (χ3n) is 18.0. The number of nitrogens with zero attached hydrogens (tertiary/aromatic N) is 9. The Hall–Kier alpha value is -12.1. The number of hydrogen-bond donors (Lipinski definition) is 0. The lowest BCUT2D eigenvalue weighted by Crippen LogP contribution is -2.31. The van der Waals surface area contributed by atoms with Crippen molar-refractivity contribution in [1.29, 1.82) is 0 Å². The largest absolute Gasteiger partial charge is 0.265 e. The molecule has 0 unspecified atom stereocenters. The van der Waals surface area contributed by atoms with Gasteiger partial charge in [0.05, 0.1) is 55.2 Å².